The fraction of sp³-hybridized carbons (Fsp3) is 0.0588. The number of hydrogen-bond acceptors (Lipinski definition) is 4. The predicted octanol–water partition coefficient (Wildman–Crippen LogP) is 4.41. The Labute approximate surface area is 144 Å². The fourth-order valence-electron chi connectivity index (χ4n) is 2.39. The number of amides is 1. The number of nitrogens with one attached hydrogen (secondary N) is 1. The molecule has 0 saturated carbocycles. The second-order valence-electron chi connectivity index (χ2n) is 5.35. The van der Waals surface area contributed by atoms with Crippen molar-refractivity contribution in [1.29, 1.82) is 0 Å². The van der Waals surface area contributed by atoms with Gasteiger partial charge in [-0.1, -0.05) is 6.07 Å². The number of non-ortho nitro benzene ring substituents is 1. The van der Waals surface area contributed by atoms with Gasteiger partial charge in [-0.05, 0) is 30.3 Å². The molecule has 1 N–H and O–H groups in total. The highest BCUT2D eigenvalue weighted by molar-refractivity contribution is 6.08. The average molecular weight is 361 g/mol. The largest absolute Gasteiger partial charge is 0.416 e. The number of carbonyl (C=O) groups is 1. The molecular weight excluding hydrogens is 351 g/mol. The van der Waals surface area contributed by atoms with E-state index >= 15 is 0 Å². The van der Waals surface area contributed by atoms with Crippen molar-refractivity contribution >= 4 is 28.2 Å². The molecule has 0 unspecified atom stereocenters. The minimum Gasteiger partial charge on any atom is -0.321 e. The Morgan fingerprint density at radius 3 is 2.58 bits per heavy atom. The Morgan fingerprint density at radius 1 is 1.12 bits per heavy atom. The first-order chi connectivity index (χ1) is 12.3. The molecule has 132 valence electrons. The van der Waals surface area contributed by atoms with Gasteiger partial charge >= 0.3 is 6.18 Å². The lowest BCUT2D eigenvalue weighted by Crippen LogP contribution is -2.13. The molecule has 0 aliphatic heterocycles. The molecule has 9 heteroatoms. The Morgan fingerprint density at radius 2 is 1.88 bits per heavy atom. The molecule has 3 aromatic rings. The van der Waals surface area contributed by atoms with Crippen molar-refractivity contribution in [2.75, 3.05) is 5.32 Å². The third-order valence-corrected chi connectivity index (χ3v) is 3.64. The van der Waals surface area contributed by atoms with E-state index in [-0.39, 0.29) is 27.8 Å². The van der Waals surface area contributed by atoms with Crippen LogP contribution in [0.25, 0.3) is 10.9 Å². The number of nitro benzene ring substituents is 1. The Kier molecular flexibility index (Phi) is 4.29. The quantitative estimate of drug-likeness (QED) is 0.553. The zero-order valence-corrected chi connectivity index (χ0v) is 12.9. The summed E-state index contributed by atoms with van der Waals surface area (Å²) in [6.07, 6.45) is -3.19. The van der Waals surface area contributed by atoms with Gasteiger partial charge in [0.1, 0.15) is 0 Å². The Balaban J connectivity index is 1.99. The van der Waals surface area contributed by atoms with Gasteiger partial charge in [-0.2, -0.15) is 13.2 Å². The van der Waals surface area contributed by atoms with E-state index in [1.165, 1.54) is 36.5 Å². The van der Waals surface area contributed by atoms with Gasteiger partial charge < -0.3 is 5.32 Å². The van der Waals surface area contributed by atoms with Gasteiger partial charge in [0.15, 0.2) is 0 Å². The molecule has 1 amide bonds. The number of pyridine rings is 1. The SMILES string of the molecule is O=C(Nc1ccnc2ccc(C(F)(F)F)cc12)c1cccc([N+](=O)[O-])c1. The van der Waals surface area contributed by atoms with Crippen LogP contribution in [0.1, 0.15) is 15.9 Å². The number of fused-ring (bicyclic) bond motifs is 1. The first-order valence-electron chi connectivity index (χ1n) is 7.27. The number of aromatic nitrogens is 1. The highest BCUT2D eigenvalue weighted by atomic mass is 19.4. The van der Waals surface area contributed by atoms with E-state index in [9.17, 15) is 28.1 Å². The molecule has 0 radical (unpaired) electrons. The van der Waals surface area contributed by atoms with Crippen LogP contribution in [0.4, 0.5) is 24.5 Å². The van der Waals surface area contributed by atoms with Crippen LogP contribution in [0.15, 0.2) is 54.7 Å². The Hall–Kier alpha value is -3.49. The molecule has 2 aromatic carbocycles. The molecule has 1 heterocycles. The van der Waals surface area contributed by atoms with Crippen molar-refractivity contribution in [3.63, 3.8) is 0 Å². The maximum atomic E-state index is 12.9. The van der Waals surface area contributed by atoms with Gasteiger partial charge in [0.2, 0.25) is 0 Å². The molecular formula is C17H10F3N3O3. The molecule has 0 aliphatic carbocycles. The van der Waals surface area contributed by atoms with Crippen LogP contribution in [0.5, 0.6) is 0 Å². The van der Waals surface area contributed by atoms with Crippen LogP contribution in [0.2, 0.25) is 0 Å². The van der Waals surface area contributed by atoms with Crippen molar-refractivity contribution in [3.05, 3.63) is 76.0 Å². The molecule has 0 atom stereocenters. The van der Waals surface area contributed by atoms with E-state index in [1.54, 1.807) is 0 Å². The van der Waals surface area contributed by atoms with E-state index in [2.05, 4.69) is 10.3 Å². The summed E-state index contributed by atoms with van der Waals surface area (Å²) in [5, 5.41) is 13.4. The summed E-state index contributed by atoms with van der Waals surface area (Å²) < 4.78 is 38.8. The minimum atomic E-state index is -4.54. The van der Waals surface area contributed by atoms with Gasteiger partial charge in [0.05, 0.1) is 21.7 Å². The van der Waals surface area contributed by atoms with Crippen LogP contribution in [0.3, 0.4) is 0 Å². The average Bonchev–Trinajstić information content (AvgIpc) is 2.61. The lowest BCUT2D eigenvalue weighted by atomic mass is 10.1. The van der Waals surface area contributed by atoms with Crippen molar-refractivity contribution in [1.82, 2.24) is 4.98 Å². The maximum absolute atomic E-state index is 12.9. The number of halogens is 3. The number of anilines is 1. The lowest BCUT2D eigenvalue weighted by molar-refractivity contribution is -0.384. The highest BCUT2D eigenvalue weighted by Crippen LogP contribution is 2.33. The third kappa shape index (κ3) is 3.46. The zero-order valence-electron chi connectivity index (χ0n) is 12.9. The van der Waals surface area contributed by atoms with Gasteiger partial charge in [-0.3, -0.25) is 19.9 Å². The summed E-state index contributed by atoms with van der Waals surface area (Å²) >= 11 is 0. The molecule has 0 saturated heterocycles. The van der Waals surface area contributed by atoms with Gasteiger partial charge in [0, 0.05) is 29.3 Å². The van der Waals surface area contributed by atoms with Gasteiger partial charge in [-0.15, -0.1) is 0 Å². The van der Waals surface area contributed by atoms with Gasteiger partial charge in [-0.25, -0.2) is 0 Å². The normalized spacial score (nSPS) is 11.3. The van der Waals surface area contributed by atoms with Crippen LogP contribution in [-0.4, -0.2) is 15.8 Å². The smallest absolute Gasteiger partial charge is 0.321 e. The zero-order chi connectivity index (χ0) is 18.9. The molecule has 26 heavy (non-hydrogen) atoms. The second kappa shape index (κ2) is 6.43. The number of nitro groups is 1. The van der Waals surface area contributed by atoms with E-state index in [0.717, 1.165) is 18.2 Å². The topological polar surface area (TPSA) is 85.1 Å². The number of nitrogens with zero attached hydrogens (tertiary/aromatic N) is 2. The summed E-state index contributed by atoms with van der Waals surface area (Å²) in [5.74, 6) is -0.682. The molecule has 3 rings (SSSR count). The predicted molar refractivity (Wildman–Crippen MR) is 87.8 cm³/mol. The standard InChI is InChI=1S/C17H10F3N3O3/c18-17(19,20)11-4-5-14-13(9-11)15(6-7-21-14)22-16(24)10-2-1-3-12(8-10)23(25)26/h1-9H,(H,21,22,24). The second-order valence-corrected chi connectivity index (χ2v) is 5.35. The van der Waals surface area contributed by atoms with Crippen molar-refractivity contribution in [2.24, 2.45) is 0 Å². The van der Waals surface area contributed by atoms with Crippen LogP contribution >= 0.6 is 0 Å². The monoisotopic (exact) mass is 361 g/mol. The summed E-state index contributed by atoms with van der Waals surface area (Å²) in [5.41, 5.74) is -0.732. The third-order valence-electron chi connectivity index (χ3n) is 3.64. The molecule has 0 aliphatic rings. The summed E-state index contributed by atoms with van der Waals surface area (Å²) in [7, 11) is 0. The van der Waals surface area contributed by atoms with E-state index in [4.69, 9.17) is 0 Å². The maximum Gasteiger partial charge on any atom is 0.416 e. The first-order valence-corrected chi connectivity index (χ1v) is 7.27. The fourth-order valence-corrected chi connectivity index (χ4v) is 2.39. The van der Waals surface area contributed by atoms with Crippen molar-refractivity contribution in [2.45, 2.75) is 6.18 Å². The van der Waals surface area contributed by atoms with Crippen LogP contribution in [0, 0.1) is 10.1 Å². The summed E-state index contributed by atoms with van der Waals surface area (Å²) in [6, 6.07) is 9.40. The van der Waals surface area contributed by atoms with Crippen molar-refractivity contribution in [3.8, 4) is 0 Å². The molecule has 6 nitrogen and oxygen atoms in total. The highest BCUT2D eigenvalue weighted by Gasteiger charge is 2.30. The molecule has 0 bridgehead atoms. The van der Waals surface area contributed by atoms with E-state index in [1.807, 2.05) is 0 Å². The number of rotatable bonds is 3. The number of hydrogen-bond donors (Lipinski definition) is 1. The van der Waals surface area contributed by atoms with Gasteiger partial charge in [0.25, 0.3) is 11.6 Å². The lowest BCUT2D eigenvalue weighted by Gasteiger charge is -2.11. The molecule has 1 aromatic heterocycles. The first kappa shape index (κ1) is 17.3. The number of alkyl halides is 3. The summed E-state index contributed by atoms with van der Waals surface area (Å²) in [4.78, 5) is 26.5. The number of carbonyl (C=O) groups excluding carboxylic acids is 1. The Bertz CT molecular complexity index is 1020. The van der Waals surface area contributed by atoms with Crippen molar-refractivity contribution < 1.29 is 22.9 Å². The molecule has 0 spiro atoms. The molecule has 0 fully saturated rings. The summed E-state index contributed by atoms with van der Waals surface area (Å²) in [6.45, 7) is 0. The van der Waals surface area contributed by atoms with E-state index < -0.39 is 22.6 Å². The van der Waals surface area contributed by atoms with Crippen LogP contribution < -0.4 is 5.32 Å². The minimum absolute atomic E-state index is 0.0103. The van der Waals surface area contributed by atoms with Crippen LogP contribution in [-0.2, 0) is 6.18 Å². The van der Waals surface area contributed by atoms with E-state index in [0.29, 0.717) is 0 Å². The number of benzene rings is 2.